The van der Waals surface area contributed by atoms with Crippen LogP contribution in [0.25, 0.3) is 0 Å². The van der Waals surface area contributed by atoms with Gasteiger partial charge in [-0.3, -0.25) is 4.79 Å². The van der Waals surface area contributed by atoms with Crippen molar-refractivity contribution in [3.05, 3.63) is 64.7 Å². The fourth-order valence-corrected chi connectivity index (χ4v) is 2.29. The molecule has 3 heteroatoms. The van der Waals surface area contributed by atoms with Crippen molar-refractivity contribution in [2.24, 2.45) is 0 Å². The van der Waals surface area contributed by atoms with Crippen LogP contribution in [-0.4, -0.2) is 19.1 Å². The number of amides is 1. The third-order valence-electron chi connectivity index (χ3n) is 3.54. The van der Waals surface area contributed by atoms with Crippen molar-refractivity contribution in [1.82, 2.24) is 5.32 Å². The minimum atomic E-state index is 0.0292. The molecule has 0 aliphatic carbocycles. The maximum absolute atomic E-state index is 12.0. The Labute approximate surface area is 132 Å². The molecule has 0 radical (unpaired) electrons. The molecule has 0 aromatic heterocycles. The number of rotatable bonds is 6. The lowest BCUT2D eigenvalue weighted by Crippen LogP contribution is -2.29. The fourth-order valence-electron chi connectivity index (χ4n) is 2.29. The molecule has 2 aromatic rings. The van der Waals surface area contributed by atoms with E-state index in [1.54, 1.807) is 0 Å². The summed E-state index contributed by atoms with van der Waals surface area (Å²) < 4.78 is 5.62. The molecule has 0 saturated heterocycles. The minimum Gasteiger partial charge on any atom is -0.492 e. The molecule has 0 aliphatic heterocycles. The van der Waals surface area contributed by atoms with Crippen molar-refractivity contribution in [2.75, 3.05) is 13.2 Å². The van der Waals surface area contributed by atoms with E-state index in [0.717, 1.165) is 22.4 Å². The van der Waals surface area contributed by atoms with Crippen LogP contribution in [0.5, 0.6) is 5.75 Å². The van der Waals surface area contributed by atoms with Gasteiger partial charge in [0.05, 0.1) is 13.0 Å². The average molecular weight is 297 g/mol. The molecule has 2 rings (SSSR count). The summed E-state index contributed by atoms with van der Waals surface area (Å²) >= 11 is 0. The largest absolute Gasteiger partial charge is 0.492 e. The standard InChI is InChI=1S/C19H23NO2/c1-14-5-4-6-18(12-14)22-10-9-20-19(21)13-17-11-15(2)7-8-16(17)3/h4-8,11-12H,9-10,13H2,1-3H3,(H,20,21). The Morgan fingerprint density at radius 2 is 1.82 bits per heavy atom. The number of hydrogen-bond donors (Lipinski definition) is 1. The Bertz CT molecular complexity index is 650. The number of aryl methyl sites for hydroxylation is 3. The Morgan fingerprint density at radius 3 is 2.59 bits per heavy atom. The molecular weight excluding hydrogens is 274 g/mol. The van der Waals surface area contributed by atoms with E-state index >= 15 is 0 Å². The molecule has 0 atom stereocenters. The summed E-state index contributed by atoms with van der Waals surface area (Å²) in [4.78, 5) is 12.0. The van der Waals surface area contributed by atoms with Gasteiger partial charge in [0, 0.05) is 0 Å². The van der Waals surface area contributed by atoms with Crippen LogP contribution >= 0.6 is 0 Å². The van der Waals surface area contributed by atoms with Crippen LogP contribution in [0.1, 0.15) is 22.3 Å². The number of carbonyl (C=O) groups is 1. The van der Waals surface area contributed by atoms with E-state index in [9.17, 15) is 4.79 Å². The maximum atomic E-state index is 12.0. The van der Waals surface area contributed by atoms with Gasteiger partial charge in [-0.15, -0.1) is 0 Å². The summed E-state index contributed by atoms with van der Waals surface area (Å²) in [5, 5.41) is 2.90. The molecule has 116 valence electrons. The average Bonchev–Trinajstić information content (AvgIpc) is 2.48. The van der Waals surface area contributed by atoms with Gasteiger partial charge in [0.25, 0.3) is 0 Å². The minimum absolute atomic E-state index is 0.0292. The third kappa shape index (κ3) is 4.92. The van der Waals surface area contributed by atoms with E-state index < -0.39 is 0 Å². The first-order valence-corrected chi connectivity index (χ1v) is 7.57. The van der Waals surface area contributed by atoms with Gasteiger partial charge in [-0.2, -0.15) is 0 Å². The zero-order chi connectivity index (χ0) is 15.9. The highest BCUT2D eigenvalue weighted by Crippen LogP contribution is 2.12. The van der Waals surface area contributed by atoms with Gasteiger partial charge in [-0.1, -0.05) is 35.9 Å². The van der Waals surface area contributed by atoms with Crippen LogP contribution in [0.15, 0.2) is 42.5 Å². The van der Waals surface area contributed by atoms with Crippen molar-refractivity contribution in [2.45, 2.75) is 27.2 Å². The zero-order valence-corrected chi connectivity index (χ0v) is 13.5. The lowest BCUT2D eigenvalue weighted by Gasteiger charge is -2.10. The first-order valence-electron chi connectivity index (χ1n) is 7.57. The van der Waals surface area contributed by atoms with Gasteiger partial charge >= 0.3 is 0 Å². The van der Waals surface area contributed by atoms with Crippen LogP contribution in [0.4, 0.5) is 0 Å². The Hall–Kier alpha value is -2.29. The van der Waals surface area contributed by atoms with Crippen molar-refractivity contribution in [3.8, 4) is 5.75 Å². The molecule has 0 spiro atoms. The highest BCUT2D eigenvalue weighted by molar-refractivity contribution is 5.78. The SMILES string of the molecule is Cc1cccc(OCCNC(=O)Cc2cc(C)ccc2C)c1. The van der Waals surface area contributed by atoms with E-state index in [2.05, 4.69) is 23.5 Å². The van der Waals surface area contributed by atoms with Gasteiger partial charge < -0.3 is 10.1 Å². The Morgan fingerprint density at radius 1 is 1.05 bits per heavy atom. The van der Waals surface area contributed by atoms with Crippen molar-refractivity contribution < 1.29 is 9.53 Å². The lowest BCUT2D eigenvalue weighted by atomic mass is 10.0. The second-order valence-electron chi connectivity index (χ2n) is 5.62. The van der Waals surface area contributed by atoms with E-state index in [1.165, 1.54) is 5.56 Å². The second kappa shape index (κ2) is 7.64. The molecule has 3 nitrogen and oxygen atoms in total. The smallest absolute Gasteiger partial charge is 0.224 e. The van der Waals surface area contributed by atoms with E-state index in [-0.39, 0.29) is 5.91 Å². The predicted octanol–water partition coefficient (Wildman–Crippen LogP) is 3.35. The number of hydrogen-bond acceptors (Lipinski definition) is 2. The highest BCUT2D eigenvalue weighted by Gasteiger charge is 2.06. The fraction of sp³-hybridized carbons (Fsp3) is 0.316. The molecule has 0 aliphatic rings. The van der Waals surface area contributed by atoms with Crippen LogP contribution in [0.3, 0.4) is 0 Å². The molecule has 0 heterocycles. The van der Waals surface area contributed by atoms with Gasteiger partial charge in [-0.05, 0) is 49.6 Å². The van der Waals surface area contributed by atoms with Gasteiger partial charge in [0.1, 0.15) is 12.4 Å². The highest BCUT2D eigenvalue weighted by atomic mass is 16.5. The van der Waals surface area contributed by atoms with Gasteiger partial charge in [0.15, 0.2) is 0 Å². The topological polar surface area (TPSA) is 38.3 Å². The van der Waals surface area contributed by atoms with Crippen LogP contribution in [0, 0.1) is 20.8 Å². The number of nitrogens with one attached hydrogen (secondary N) is 1. The van der Waals surface area contributed by atoms with E-state index in [0.29, 0.717) is 19.6 Å². The predicted molar refractivity (Wildman–Crippen MR) is 89.3 cm³/mol. The third-order valence-corrected chi connectivity index (χ3v) is 3.54. The molecule has 0 saturated carbocycles. The van der Waals surface area contributed by atoms with Crippen molar-refractivity contribution >= 4 is 5.91 Å². The molecule has 22 heavy (non-hydrogen) atoms. The lowest BCUT2D eigenvalue weighted by molar-refractivity contribution is -0.120. The van der Waals surface area contributed by atoms with Crippen molar-refractivity contribution in [3.63, 3.8) is 0 Å². The summed E-state index contributed by atoms with van der Waals surface area (Å²) in [6, 6.07) is 14.1. The Kier molecular flexibility index (Phi) is 5.59. The van der Waals surface area contributed by atoms with Crippen LogP contribution in [0.2, 0.25) is 0 Å². The summed E-state index contributed by atoms with van der Waals surface area (Å²) in [5.74, 6) is 0.866. The van der Waals surface area contributed by atoms with Gasteiger partial charge in [-0.25, -0.2) is 0 Å². The first-order chi connectivity index (χ1) is 10.5. The Balaban J connectivity index is 1.75. The van der Waals surface area contributed by atoms with Crippen molar-refractivity contribution in [1.29, 1.82) is 0 Å². The summed E-state index contributed by atoms with van der Waals surface area (Å²) in [6.07, 6.45) is 0.415. The molecule has 0 unspecified atom stereocenters. The van der Waals surface area contributed by atoms with Gasteiger partial charge in [0.2, 0.25) is 5.91 Å². The summed E-state index contributed by atoms with van der Waals surface area (Å²) in [6.45, 7) is 7.08. The maximum Gasteiger partial charge on any atom is 0.224 e. The van der Waals surface area contributed by atoms with Crippen LogP contribution in [-0.2, 0) is 11.2 Å². The van der Waals surface area contributed by atoms with Crippen LogP contribution < -0.4 is 10.1 Å². The first kappa shape index (κ1) is 16.1. The molecule has 1 N–H and O–H groups in total. The summed E-state index contributed by atoms with van der Waals surface area (Å²) in [5.41, 5.74) is 4.57. The summed E-state index contributed by atoms with van der Waals surface area (Å²) in [7, 11) is 0. The second-order valence-corrected chi connectivity index (χ2v) is 5.62. The zero-order valence-electron chi connectivity index (χ0n) is 13.5. The molecule has 2 aromatic carbocycles. The number of ether oxygens (including phenoxy) is 1. The quantitative estimate of drug-likeness (QED) is 0.830. The molecular formula is C19H23NO2. The normalized spacial score (nSPS) is 10.3. The van der Waals surface area contributed by atoms with E-state index in [1.807, 2.05) is 45.0 Å². The number of benzene rings is 2. The molecule has 1 amide bonds. The number of carbonyl (C=O) groups excluding carboxylic acids is 1. The monoisotopic (exact) mass is 297 g/mol. The molecule has 0 bridgehead atoms. The van der Waals surface area contributed by atoms with E-state index in [4.69, 9.17) is 4.74 Å². The molecule has 0 fully saturated rings.